The van der Waals surface area contributed by atoms with Gasteiger partial charge in [0.25, 0.3) is 0 Å². The zero-order chi connectivity index (χ0) is 13.2. The van der Waals surface area contributed by atoms with Gasteiger partial charge in [0.1, 0.15) is 0 Å². The van der Waals surface area contributed by atoms with E-state index in [0.717, 1.165) is 45.6 Å². The highest BCUT2D eigenvalue weighted by molar-refractivity contribution is 5.82. The fraction of sp³-hybridized carbons (Fsp3) is 0.923. The van der Waals surface area contributed by atoms with Crippen LogP contribution in [0, 0.1) is 0 Å². The summed E-state index contributed by atoms with van der Waals surface area (Å²) < 4.78 is 0. The van der Waals surface area contributed by atoms with Crippen molar-refractivity contribution < 1.29 is 9.90 Å². The van der Waals surface area contributed by atoms with E-state index in [1.54, 1.807) is 0 Å². The molecule has 104 valence electrons. The summed E-state index contributed by atoms with van der Waals surface area (Å²) in [4.78, 5) is 16.4. The lowest BCUT2D eigenvalue weighted by molar-refractivity contribution is -0.135. The Balaban J connectivity index is 1.77. The maximum atomic E-state index is 12.2. The third kappa shape index (κ3) is 3.67. The zero-order valence-corrected chi connectivity index (χ0v) is 11.5. The smallest absolute Gasteiger partial charge is 0.239 e. The fourth-order valence-electron chi connectivity index (χ4n) is 2.79. The summed E-state index contributed by atoms with van der Waals surface area (Å²) in [5.41, 5.74) is -0.654. The van der Waals surface area contributed by atoms with Gasteiger partial charge in [-0.2, -0.15) is 0 Å². The third-order valence-electron chi connectivity index (χ3n) is 3.65. The molecule has 2 N–H and O–H groups in total. The molecule has 0 aliphatic carbocycles. The van der Waals surface area contributed by atoms with Crippen molar-refractivity contribution in [1.29, 1.82) is 0 Å². The van der Waals surface area contributed by atoms with E-state index in [-0.39, 0.29) is 11.9 Å². The normalized spacial score (nSPS) is 26.6. The minimum Gasteiger partial charge on any atom is -0.389 e. The van der Waals surface area contributed by atoms with Crippen molar-refractivity contribution in [1.82, 2.24) is 15.1 Å². The van der Waals surface area contributed by atoms with Crippen LogP contribution in [0.5, 0.6) is 0 Å². The van der Waals surface area contributed by atoms with Crippen LogP contribution in [-0.2, 0) is 4.79 Å². The average Bonchev–Trinajstić information content (AvgIpc) is 2.80. The number of amides is 1. The maximum Gasteiger partial charge on any atom is 0.239 e. The monoisotopic (exact) mass is 255 g/mol. The molecule has 2 aliphatic rings. The number of β-amino-alcohol motifs (C(OH)–C–C–N with tert-alkyl or cyclic N) is 1. The van der Waals surface area contributed by atoms with Gasteiger partial charge in [0, 0.05) is 32.7 Å². The zero-order valence-electron chi connectivity index (χ0n) is 11.5. The van der Waals surface area contributed by atoms with Crippen LogP contribution in [-0.4, -0.2) is 71.7 Å². The minimum atomic E-state index is -0.654. The summed E-state index contributed by atoms with van der Waals surface area (Å²) in [5, 5.41) is 13.0. The summed E-state index contributed by atoms with van der Waals surface area (Å²) in [7, 11) is 0. The van der Waals surface area contributed by atoms with Gasteiger partial charge in [-0.05, 0) is 33.2 Å². The van der Waals surface area contributed by atoms with E-state index in [2.05, 4.69) is 10.2 Å². The highest BCUT2D eigenvalue weighted by Gasteiger charge is 2.30. The van der Waals surface area contributed by atoms with Gasteiger partial charge in [-0.1, -0.05) is 0 Å². The molecule has 5 heteroatoms. The molecule has 0 aromatic carbocycles. The Labute approximate surface area is 109 Å². The molecule has 0 bridgehead atoms. The molecule has 2 rings (SSSR count). The van der Waals surface area contributed by atoms with Crippen molar-refractivity contribution >= 4 is 5.91 Å². The van der Waals surface area contributed by atoms with Gasteiger partial charge in [-0.25, -0.2) is 0 Å². The molecule has 0 spiro atoms. The summed E-state index contributed by atoms with van der Waals surface area (Å²) in [6, 6.07) is 0.0471. The molecule has 18 heavy (non-hydrogen) atoms. The van der Waals surface area contributed by atoms with E-state index in [4.69, 9.17) is 0 Å². The summed E-state index contributed by atoms with van der Waals surface area (Å²) in [6.45, 7) is 8.59. The van der Waals surface area contributed by atoms with Gasteiger partial charge in [-0.15, -0.1) is 0 Å². The molecule has 5 nitrogen and oxygen atoms in total. The molecule has 0 radical (unpaired) electrons. The fourth-order valence-corrected chi connectivity index (χ4v) is 2.79. The van der Waals surface area contributed by atoms with E-state index in [9.17, 15) is 9.90 Å². The molecule has 0 aromatic rings. The van der Waals surface area contributed by atoms with Crippen molar-refractivity contribution in [3.63, 3.8) is 0 Å². The summed E-state index contributed by atoms with van der Waals surface area (Å²) >= 11 is 0. The van der Waals surface area contributed by atoms with Crippen LogP contribution < -0.4 is 5.32 Å². The van der Waals surface area contributed by atoms with Crippen molar-refractivity contribution in [2.75, 3.05) is 39.3 Å². The Hall–Kier alpha value is -0.650. The third-order valence-corrected chi connectivity index (χ3v) is 3.65. The van der Waals surface area contributed by atoms with Gasteiger partial charge >= 0.3 is 0 Å². The number of carbonyl (C=O) groups is 1. The molecular formula is C13H25N3O2. The first-order valence-corrected chi connectivity index (χ1v) is 6.93. The second kappa shape index (κ2) is 5.55. The highest BCUT2D eigenvalue weighted by atomic mass is 16.3. The summed E-state index contributed by atoms with van der Waals surface area (Å²) in [6.07, 6.45) is 2.08. The number of piperazine rings is 1. The molecule has 0 unspecified atom stereocenters. The van der Waals surface area contributed by atoms with Crippen LogP contribution in [0.3, 0.4) is 0 Å². The quantitative estimate of drug-likeness (QED) is 0.724. The number of hydrogen-bond donors (Lipinski definition) is 2. The van der Waals surface area contributed by atoms with Crippen molar-refractivity contribution in [2.45, 2.75) is 38.3 Å². The number of hydrogen-bond acceptors (Lipinski definition) is 4. The Morgan fingerprint density at radius 2 is 2.00 bits per heavy atom. The van der Waals surface area contributed by atoms with Gasteiger partial charge in [-0.3, -0.25) is 9.69 Å². The maximum absolute atomic E-state index is 12.2. The van der Waals surface area contributed by atoms with E-state index in [1.807, 2.05) is 18.7 Å². The number of aliphatic hydroxyl groups is 1. The van der Waals surface area contributed by atoms with Crippen molar-refractivity contribution in [3.8, 4) is 0 Å². The molecule has 0 aromatic heterocycles. The lowest BCUT2D eigenvalue weighted by Crippen LogP contribution is -2.54. The molecule has 2 aliphatic heterocycles. The lowest BCUT2D eigenvalue weighted by atomic mass is 10.1. The molecular weight excluding hydrogens is 230 g/mol. The first-order valence-electron chi connectivity index (χ1n) is 6.93. The molecule has 2 fully saturated rings. The Bertz CT molecular complexity index is 287. The second-order valence-corrected chi connectivity index (χ2v) is 6.06. The number of nitrogens with one attached hydrogen (secondary N) is 1. The molecule has 0 saturated carbocycles. The largest absolute Gasteiger partial charge is 0.389 e. The van der Waals surface area contributed by atoms with Crippen LogP contribution in [0.25, 0.3) is 0 Å². The van der Waals surface area contributed by atoms with Crippen LogP contribution in [0.4, 0.5) is 0 Å². The summed E-state index contributed by atoms with van der Waals surface area (Å²) in [5.74, 6) is 0.260. The lowest BCUT2D eigenvalue weighted by Gasteiger charge is -2.38. The average molecular weight is 255 g/mol. The molecule has 1 atom stereocenters. The van der Waals surface area contributed by atoms with Gasteiger partial charge in [0.15, 0.2) is 0 Å². The minimum absolute atomic E-state index is 0.0471. The number of nitrogens with zero attached hydrogens (tertiary/aromatic N) is 2. The SMILES string of the molecule is CC(C)(O)CN1CCN(C(=O)[C@H]2CCCN2)CC1. The standard InChI is InChI=1S/C13H25N3O2/c1-13(2,18)10-15-6-8-16(9-7-15)12(17)11-4-3-5-14-11/h11,14,18H,3-10H2,1-2H3/t11-/m1/s1. The van der Waals surface area contributed by atoms with Crippen LogP contribution in [0.2, 0.25) is 0 Å². The molecule has 1 amide bonds. The van der Waals surface area contributed by atoms with Crippen LogP contribution in [0.1, 0.15) is 26.7 Å². The molecule has 2 heterocycles. The number of carbonyl (C=O) groups excluding carboxylic acids is 1. The van der Waals surface area contributed by atoms with Crippen LogP contribution >= 0.6 is 0 Å². The Morgan fingerprint density at radius 1 is 1.33 bits per heavy atom. The Kier molecular flexibility index (Phi) is 4.25. The Morgan fingerprint density at radius 3 is 2.50 bits per heavy atom. The number of rotatable bonds is 3. The van der Waals surface area contributed by atoms with Gasteiger partial charge in [0.05, 0.1) is 11.6 Å². The van der Waals surface area contributed by atoms with Gasteiger partial charge < -0.3 is 15.3 Å². The van der Waals surface area contributed by atoms with Crippen LogP contribution in [0.15, 0.2) is 0 Å². The second-order valence-electron chi connectivity index (χ2n) is 6.06. The van der Waals surface area contributed by atoms with E-state index in [1.165, 1.54) is 0 Å². The van der Waals surface area contributed by atoms with Crippen molar-refractivity contribution in [3.05, 3.63) is 0 Å². The van der Waals surface area contributed by atoms with E-state index < -0.39 is 5.60 Å². The predicted molar refractivity (Wildman–Crippen MR) is 70.3 cm³/mol. The first kappa shape index (κ1) is 13.8. The molecule has 2 saturated heterocycles. The predicted octanol–water partition coefficient (Wildman–Crippen LogP) is -0.346. The van der Waals surface area contributed by atoms with Crippen molar-refractivity contribution in [2.24, 2.45) is 0 Å². The van der Waals surface area contributed by atoms with Gasteiger partial charge in [0.2, 0.25) is 5.91 Å². The highest BCUT2D eigenvalue weighted by Crippen LogP contribution is 2.12. The van der Waals surface area contributed by atoms with E-state index >= 15 is 0 Å². The topological polar surface area (TPSA) is 55.8 Å². The first-order chi connectivity index (χ1) is 8.46. The van der Waals surface area contributed by atoms with E-state index in [0.29, 0.717) is 6.54 Å².